The molecule has 0 radical (unpaired) electrons. The third-order valence-electron chi connectivity index (χ3n) is 3.60. The van der Waals surface area contributed by atoms with E-state index in [4.69, 9.17) is 9.72 Å². The van der Waals surface area contributed by atoms with Gasteiger partial charge in [-0.1, -0.05) is 0 Å². The lowest BCUT2D eigenvalue weighted by Gasteiger charge is -2.14. The summed E-state index contributed by atoms with van der Waals surface area (Å²) in [5.74, 6) is 2.58. The van der Waals surface area contributed by atoms with Crippen LogP contribution in [0.25, 0.3) is 0 Å². The minimum atomic E-state index is 0.326. The van der Waals surface area contributed by atoms with Gasteiger partial charge in [0.25, 0.3) is 0 Å². The highest BCUT2D eigenvalue weighted by molar-refractivity contribution is 7.99. The second-order valence-electron chi connectivity index (χ2n) is 5.28. The molecule has 3 rings (SSSR count). The molecule has 2 aliphatic rings. The average molecular weight is 279 g/mol. The van der Waals surface area contributed by atoms with Crippen molar-refractivity contribution in [1.29, 1.82) is 0 Å². The summed E-state index contributed by atoms with van der Waals surface area (Å²) in [5, 5.41) is 4.93. The van der Waals surface area contributed by atoms with E-state index in [-0.39, 0.29) is 0 Å². The van der Waals surface area contributed by atoms with Gasteiger partial charge in [-0.05, 0) is 33.1 Å². The van der Waals surface area contributed by atoms with Crippen molar-refractivity contribution < 1.29 is 4.74 Å². The number of nitrogens with zero attached hydrogens (tertiary/aromatic N) is 2. The lowest BCUT2D eigenvalue weighted by molar-refractivity contribution is 0.127. The van der Waals surface area contributed by atoms with Crippen LogP contribution < -0.4 is 5.32 Å². The van der Waals surface area contributed by atoms with Crippen molar-refractivity contribution in [3.05, 3.63) is 11.9 Å². The summed E-state index contributed by atoms with van der Waals surface area (Å²) in [6, 6.07) is 2.07. The van der Waals surface area contributed by atoms with Crippen molar-refractivity contribution in [3.8, 4) is 0 Å². The standard InChI is InChI=1S/C14H21N3OS/c1-3-15-12-8-13(17-14(16-12)10-4-5-10)19-11-6-7-18-9(11)2/h8-11H,3-7H2,1-2H3,(H,15,16,17). The Morgan fingerprint density at radius 2 is 2.21 bits per heavy atom. The fourth-order valence-electron chi connectivity index (χ4n) is 2.32. The number of thioether (sulfide) groups is 1. The molecule has 5 heteroatoms. The van der Waals surface area contributed by atoms with Crippen molar-refractivity contribution in [1.82, 2.24) is 9.97 Å². The fraction of sp³-hybridized carbons (Fsp3) is 0.714. The highest BCUT2D eigenvalue weighted by Crippen LogP contribution is 2.40. The number of hydrogen-bond donors (Lipinski definition) is 1. The Morgan fingerprint density at radius 3 is 2.84 bits per heavy atom. The molecule has 1 aromatic rings. The number of aromatic nitrogens is 2. The van der Waals surface area contributed by atoms with Gasteiger partial charge in [0.05, 0.1) is 6.10 Å². The van der Waals surface area contributed by atoms with Crippen LogP contribution in [0.2, 0.25) is 0 Å². The van der Waals surface area contributed by atoms with Gasteiger partial charge in [-0.2, -0.15) is 0 Å². The molecule has 1 N–H and O–H groups in total. The van der Waals surface area contributed by atoms with Gasteiger partial charge >= 0.3 is 0 Å². The highest BCUT2D eigenvalue weighted by Gasteiger charge is 2.29. The SMILES string of the molecule is CCNc1cc(SC2CCOC2C)nc(C2CC2)n1. The number of nitrogens with one attached hydrogen (secondary N) is 1. The van der Waals surface area contributed by atoms with Crippen LogP contribution >= 0.6 is 11.8 Å². The quantitative estimate of drug-likeness (QED) is 0.839. The van der Waals surface area contributed by atoms with E-state index in [2.05, 4.69) is 30.2 Å². The van der Waals surface area contributed by atoms with Crippen molar-refractivity contribution >= 4 is 17.6 Å². The van der Waals surface area contributed by atoms with Crippen LogP contribution in [0.3, 0.4) is 0 Å². The minimum absolute atomic E-state index is 0.326. The Labute approximate surface area is 118 Å². The van der Waals surface area contributed by atoms with E-state index in [1.165, 1.54) is 12.8 Å². The first-order valence-electron chi connectivity index (χ1n) is 7.17. The van der Waals surface area contributed by atoms with Crippen LogP contribution in [0.4, 0.5) is 5.82 Å². The van der Waals surface area contributed by atoms with Crippen LogP contribution in [-0.2, 0) is 4.74 Å². The molecule has 4 nitrogen and oxygen atoms in total. The Kier molecular flexibility index (Phi) is 3.93. The van der Waals surface area contributed by atoms with E-state index in [1.54, 1.807) is 0 Å². The Bertz CT molecular complexity index is 450. The van der Waals surface area contributed by atoms with E-state index < -0.39 is 0 Å². The maximum Gasteiger partial charge on any atom is 0.135 e. The summed E-state index contributed by atoms with van der Waals surface area (Å²) in [7, 11) is 0. The first-order valence-corrected chi connectivity index (χ1v) is 8.05. The monoisotopic (exact) mass is 279 g/mol. The van der Waals surface area contributed by atoms with Gasteiger partial charge in [0, 0.05) is 30.4 Å². The van der Waals surface area contributed by atoms with E-state index in [1.807, 2.05) is 11.8 Å². The maximum atomic E-state index is 5.63. The van der Waals surface area contributed by atoms with Crippen LogP contribution in [0, 0.1) is 0 Å². The summed E-state index contributed by atoms with van der Waals surface area (Å²) in [5.41, 5.74) is 0. The zero-order chi connectivity index (χ0) is 13.2. The summed E-state index contributed by atoms with van der Waals surface area (Å²) >= 11 is 1.84. The summed E-state index contributed by atoms with van der Waals surface area (Å²) in [6.07, 6.45) is 3.92. The molecule has 2 heterocycles. The third kappa shape index (κ3) is 3.20. The number of rotatable bonds is 5. The second-order valence-corrected chi connectivity index (χ2v) is 6.53. The van der Waals surface area contributed by atoms with Gasteiger partial charge in [0.1, 0.15) is 16.7 Å². The molecule has 0 bridgehead atoms. The zero-order valence-corrected chi connectivity index (χ0v) is 12.4. The van der Waals surface area contributed by atoms with Gasteiger partial charge < -0.3 is 10.1 Å². The van der Waals surface area contributed by atoms with Crippen LogP contribution in [-0.4, -0.2) is 34.5 Å². The van der Waals surface area contributed by atoms with Gasteiger partial charge in [0.15, 0.2) is 0 Å². The van der Waals surface area contributed by atoms with Crippen LogP contribution in [0.1, 0.15) is 44.9 Å². The van der Waals surface area contributed by atoms with Crippen LogP contribution in [0.5, 0.6) is 0 Å². The van der Waals surface area contributed by atoms with Gasteiger partial charge in [-0.25, -0.2) is 9.97 Å². The molecule has 1 aliphatic heterocycles. The molecule has 2 fully saturated rings. The Morgan fingerprint density at radius 1 is 1.37 bits per heavy atom. The first kappa shape index (κ1) is 13.2. The van der Waals surface area contributed by atoms with Gasteiger partial charge in [0.2, 0.25) is 0 Å². The Hall–Kier alpha value is -0.810. The molecule has 0 spiro atoms. The number of anilines is 1. The molecule has 0 amide bonds. The highest BCUT2D eigenvalue weighted by atomic mass is 32.2. The lowest BCUT2D eigenvalue weighted by atomic mass is 10.3. The molecular formula is C14H21N3OS. The van der Waals surface area contributed by atoms with Crippen LogP contribution in [0.15, 0.2) is 11.1 Å². The predicted octanol–water partition coefficient (Wildman–Crippen LogP) is 3.06. The fourth-order valence-corrected chi connectivity index (χ4v) is 3.44. The summed E-state index contributed by atoms with van der Waals surface area (Å²) in [4.78, 5) is 9.34. The van der Waals surface area contributed by atoms with E-state index in [0.29, 0.717) is 17.3 Å². The molecule has 104 valence electrons. The smallest absolute Gasteiger partial charge is 0.135 e. The van der Waals surface area contributed by atoms with Gasteiger partial charge in [-0.3, -0.25) is 0 Å². The lowest BCUT2D eigenvalue weighted by Crippen LogP contribution is -2.14. The second kappa shape index (κ2) is 5.67. The molecule has 2 unspecified atom stereocenters. The molecule has 19 heavy (non-hydrogen) atoms. The van der Waals surface area contributed by atoms with E-state index in [0.717, 1.165) is 36.2 Å². The van der Waals surface area contributed by atoms with E-state index >= 15 is 0 Å². The normalized spacial score (nSPS) is 26.6. The maximum absolute atomic E-state index is 5.63. The number of hydrogen-bond acceptors (Lipinski definition) is 5. The largest absolute Gasteiger partial charge is 0.377 e. The summed E-state index contributed by atoms with van der Waals surface area (Å²) < 4.78 is 5.63. The third-order valence-corrected chi connectivity index (χ3v) is 4.97. The summed E-state index contributed by atoms with van der Waals surface area (Å²) in [6.45, 7) is 6.02. The number of ether oxygens (including phenoxy) is 1. The van der Waals surface area contributed by atoms with Crippen molar-refractivity contribution in [2.45, 2.75) is 55.4 Å². The molecule has 1 aromatic heterocycles. The van der Waals surface area contributed by atoms with Gasteiger partial charge in [-0.15, -0.1) is 11.8 Å². The Balaban J connectivity index is 1.78. The van der Waals surface area contributed by atoms with Crippen molar-refractivity contribution in [3.63, 3.8) is 0 Å². The van der Waals surface area contributed by atoms with Crippen molar-refractivity contribution in [2.24, 2.45) is 0 Å². The first-order chi connectivity index (χ1) is 9.26. The minimum Gasteiger partial charge on any atom is -0.377 e. The molecule has 1 aliphatic carbocycles. The van der Waals surface area contributed by atoms with Crippen molar-refractivity contribution in [2.75, 3.05) is 18.5 Å². The topological polar surface area (TPSA) is 47.0 Å². The predicted molar refractivity (Wildman–Crippen MR) is 77.8 cm³/mol. The molecule has 1 saturated carbocycles. The molecule has 2 atom stereocenters. The molecule has 0 aromatic carbocycles. The average Bonchev–Trinajstić information content (AvgIpc) is 3.16. The van der Waals surface area contributed by atoms with E-state index in [9.17, 15) is 0 Å². The molecule has 1 saturated heterocycles. The molecular weight excluding hydrogens is 258 g/mol. The zero-order valence-electron chi connectivity index (χ0n) is 11.6.